The first-order valence-corrected chi connectivity index (χ1v) is 6.24. The summed E-state index contributed by atoms with van der Waals surface area (Å²) in [6, 6.07) is 0. The average Bonchev–Trinajstić information content (AvgIpc) is 2.94. The van der Waals surface area contributed by atoms with Gasteiger partial charge in [-0.3, -0.25) is 4.79 Å². The third-order valence-corrected chi connectivity index (χ3v) is 4.16. The molecule has 3 N–H and O–H groups in total. The number of carbonyl (C=O) groups is 1. The molecule has 0 saturated heterocycles. The van der Waals surface area contributed by atoms with Gasteiger partial charge in [0.1, 0.15) is 5.54 Å². The molecule has 2 saturated carbocycles. The molecule has 3 nitrogen and oxygen atoms in total. The van der Waals surface area contributed by atoms with Gasteiger partial charge >= 0.3 is 0 Å². The van der Waals surface area contributed by atoms with Crippen molar-refractivity contribution < 1.29 is 4.79 Å². The average molecular weight is 210 g/mol. The Morgan fingerprint density at radius 2 is 2.20 bits per heavy atom. The minimum absolute atomic E-state index is 0.132. The second-order valence-corrected chi connectivity index (χ2v) is 5.16. The molecule has 2 unspecified atom stereocenters. The Morgan fingerprint density at radius 1 is 1.47 bits per heavy atom. The fourth-order valence-electron chi connectivity index (χ4n) is 2.92. The summed E-state index contributed by atoms with van der Waals surface area (Å²) < 4.78 is 0. The zero-order valence-electron chi connectivity index (χ0n) is 9.59. The molecule has 2 aliphatic carbocycles. The Balaban J connectivity index is 2.03. The van der Waals surface area contributed by atoms with Crippen LogP contribution in [0.2, 0.25) is 0 Å². The molecule has 1 amide bonds. The van der Waals surface area contributed by atoms with Gasteiger partial charge < -0.3 is 11.1 Å². The van der Waals surface area contributed by atoms with Gasteiger partial charge in [-0.2, -0.15) is 0 Å². The highest BCUT2D eigenvalue weighted by molar-refractivity contribution is 5.85. The highest BCUT2D eigenvalue weighted by atomic mass is 16.1. The van der Waals surface area contributed by atoms with Crippen molar-refractivity contribution in [3.8, 4) is 0 Å². The Labute approximate surface area is 91.8 Å². The summed E-state index contributed by atoms with van der Waals surface area (Å²) in [5.41, 5.74) is 5.23. The van der Waals surface area contributed by atoms with Crippen molar-refractivity contribution in [2.45, 2.75) is 51.0 Å². The summed E-state index contributed by atoms with van der Waals surface area (Å²) in [5, 5.41) is 3.48. The first kappa shape index (κ1) is 10.9. The van der Waals surface area contributed by atoms with E-state index in [4.69, 9.17) is 5.73 Å². The molecule has 0 heterocycles. The number of primary amides is 1. The largest absolute Gasteiger partial charge is 0.368 e. The molecule has 2 atom stereocenters. The van der Waals surface area contributed by atoms with Gasteiger partial charge in [0, 0.05) is 0 Å². The summed E-state index contributed by atoms with van der Waals surface area (Å²) in [6.45, 7) is 3.14. The Kier molecular flexibility index (Phi) is 3.01. The lowest BCUT2D eigenvalue weighted by atomic mass is 9.84. The number of hydrogen-bond donors (Lipinski definition) is 2. The molecule has 2 aliphatic rings. The number of carbonyl (C=O) groups excluding carboxylic acids is 1. The van der Waals surface area contributed by atoms with E-state index in [2.05, 4.69) is 12.2 Å². The minimum atomic E-state index is -0.378. The van der Waals surface area contributed by atoms with Crippen molar-refractivity contribution >= 4 is 5.91 Å². The van der Waals surface area contributed by atoms with Gasteiger partial charge in [0.2, 0.25) is 5.91 Å². The van der Waals surface area contributed by atoms with Crippen molar-refractivity contribution in [2.75, 3.05) is 6.54 Å². The lowest BCUT2D eigenvalue weighted by Crippen LogP contribution is -2.58. The molecule has 15 heavy (non-hydrogen) atoms. The lowest BCUT2D eigenvalue weighted by Gasteiger charge is -2.33. The summed E-state index contributed by atoms with van der Waals surface area (Å²) in [6.07, 6.45) is 6.92. The number of nitrogens with one attached hydrogen (secondary N) is 1. The highest BCUT2D eigenvalue weighted by Crippen LogP contribution is 2.39. The van der Waals surface area contributed by atoms with Crippen molar-refractivity contribution in [1.29, 1.82) is 0 Å². The standard InChI is InChI=1S/C12H22N2O/c1-2-10-4-3-7-12(10,11(13)15)14-8-9-5-6-9/h9-10,14H,2-8H2,1H3,(H2,13,15). The van der Waals surface area contributed by atoms with E-state index in [0.717, 1.165) is 38.1 Å². The van der Waals surface area contributed by atoms with Crippen LogP contribution in [-0.4, -0.2) is 18.0 Å². The predicted molar refractivity (Wildman–Crippen MR) is 60.3 cm³/mol. The molecule has 0 aromatic carbocycles. The van der Waals surface area contributed by atoms with E-state index in [1.165, 1.54) is 12.8 Å². The van der Waals surface area contributed by atoms with Crippen molar-refractivity contribution in [2.24, 2.45) is 17.6 Å². The van der Waals surface area contributed by atoms with Gasteiger partial charge in [-0.1, -0.05) is 19.8 Å². The van der Waals surface area contributed by atoms with E-state index in [1.807, 2.05) is 0 Å². The normalized spacial score (nSPS) is 35.7. The third kappa shape index (κ3) is 2.03. The molecule has 3 heteroatoms. The van der Waals surface area contributed by atoms with Crippen LogP contribution in [0.25, 0.3) is 0 Å². The summed E-state index contributed by atoms with van der Waals surface area (Å²) >= 11 is 0. The van der Waals surface area contributed by atoms with E-state index in [9.17, 15) is 4.79 Å². The monoisotopic (exact) mass is 210 g/mol. The molecular weight excluding hydrogens is 188 g/mol. The van der Waals surface area contributed by atoms with E-state index >= 15 is 0 Å². The van der Waals surface area contributed by atoms with Crippen LogP contribution in [0.4, 0.5) is 0 Å². The molecule has 0 aromatic rings. The molecule has 0 bridgehead atoms. The topological polar surface area (TPSA) is 55.1 Å². The first-order valence-electron chi connectivity index (χ1n) is 6.24. The van der Waals surface area contributed by atoms with Crippen molar-refractivity contribution in [3.63, 3.8) is 0 Å². The van der Waals surface area contributed by atoms with Crippen LogP contribution >= 0.6 is 0 Å². The highest BCUT2D eigenvalue weighted by Gasteiger charge is 2.46. The fourth-order valence-corrected chi connectivity index (χ4v) is 2.92. The summed E-state index contributed by atoms with van der Waals surface area (Å²) in [7, 11) is 0. The van der Waals surface area contributed by atoms with Crippen molar-refractivity contribution in [1.82, 2.24) is 5.32 Å². The van der Waals surface area contributed by atoms with Crippen LogP contribution in [0.3, 0.4) is 0 Å². The van der Waals surface area contributed by atoms with E-state index in [0.29, 0.717) is 5.92 Å². The Morgan fingerprint density at radius 3 is 2.73 bits per heavy atom. The molecule has 86 valence electrons. The van der Waals surface area contributed by atoms with Crippen LogP contribution in [0.15, 0.2) is 0 Å². The zero-order valence-corrected chi connectivity index (χ0v) is 9.59. The summed E-state index contributed by atoms with van der Waals surface area (Å²) in [4.78, 5) is 11.7. The van der Waals surface area contributed by atoms with Crippen molar-refractivity contribution in [3.05, 3.63) is 0 Å². The number of hydrogen-bond acceptors (Lipinski definition) is 2. The summed E-state index contributed by atoms with van der Waals surface area (Å²) in [5.74, 6) is 1.13. The van der Waals surface area contributed by atoms with Gasteiger partial charge in [0.15, 0.2) is 0 Å². The predicted octanol–water partition coefficient (Wildman–Crippen LogP) is 1.42. The minimum Gasteiger partial charge on any atom is -0.368 e. The molecule has 2 rings (SSSR count). The zero-order chi connectivity index (χ0) is 10.9. The Bertz CT molecular complexity index is 250. The van der Waals surface area contributed by atoms with Crippen LogP contribution in [0, 0.1) is 11.8 Å². The van der Waals surface area contributed by atoms with E-state index < -0.39 is 0 Å². The van der Waals surface area contributed by atoms with Crippen LogP contribution in [-0.2, 0) is 4.79 Å². The molecule has 0 aliphatic heterocycles. The molecule has 2 fully saturated rings. The second kappa shape index (κ2) is 4.12. The van der Waals surface area contributed by atoms with Gasteiger partial charge in [-0.15, -0.1) is 0 Å². The second-order valence-electron chi connectivity index (χ2n) is 5.16. The van der Waals surface area contributed by atoms with Crippen LogP contribution < -0.4 is 11.1 Å². The number of nitrogens with two attached hydrogens (primary N) is 1. The lowest BCUT2D eigenvalue weighted by molar-refractivity contribution is -0.126. The third-order valence-electron chi connectivity index (χ3n) is 4.16. The maximum absolute atomic E-state index is 11.7. The fraction of sp³-hybridized carbons (Fsp3) is 0.917. The smallest absolute Gasteiger partial charge is 0.238 e. The number of rotatable bonds is 5. The molecular formula is C12H22N2O. The number of amides is 1. The molecule has 0 aromatic heterocycles. The van der Waals surface area contributed by atoms with Gasteiger partial charge in [-0.05, 0) is 44.1 Å². The molecule has 0 radical (unpaired) electrons. The van der Waals surface area contributed by atoms with E-state index in [-0.39, 0.29) is 11.4 Å². The van der Waals surface area contributed by atoms with Gasteiger partial charge in [-0.25, -0.2) is 0 Å². The van der Waals surface area contributed by atoms with Gasteiger partial charge in [0.25, 0.3) is 0 Å². The van der Waals surface area contributed by atoms with Crippen LogP contribution in [0.1, 0.15) is 45.4 Å². The maximum Gasteiger partial charge on any atom is 0.238 e. The maximum atomic E-state index is 11.7. The quantitative estimate of drug-likeness (QED) is 0.721. The Hall–Kier alpha value is -0.570. The van der Waals surface area contributed by atoms with Gasteiger partial charge in [0.05, 0.1) is 0 Å². The molecule has 0 spiro atoms. The SMILES string of the molecule is CCC1CCCC1(NCC1CC1)C(N)=O. The van der Waals surface area contributed by atoms with Crippen LogP contribution in [0.5, 0.6) is 0 Å². The van der Waals surface area contributed by atoms with E-state index in [1.54, 1.807) is 0 Å². The first-order chi connectivity index (χ1) is 7.19.